The van der Waals surface area contributed by atoms with Gasteiger partial charge in [-0.25, -0.2) is 4.79 Å². The average molecular weight is 415 g/mol. The first-order chi connectivity index (χ1) is 14.4. The Morgan fingerprint density at radius 2 is 1.50 bits per heavy atom. The molecule has 7 heteroatoms. The number of aryl methyl sites for hydroxylation is 1. The van der Waals surface area contributed by atoms with Crippen LogP contribution in [0.15, 0.2) is 42.5 Å². The van der Waals surface area contributed by atoms with Crippen LogP contribution in [0.5, 0.6) is 17.2 Å². The molecule has 30 heavy (non-hydrogen) atoms. The zero-order chi connectivity index (χ0) is 22.1. The first kappa shape index (κ1) is 23.1. The summed E-state index contributed by atoms with van der Waals surface area (Å²) in [5.74, 6) is -0.00180. The van der Waals surface area contributed by atoms with Gasteiger partial charge in [0.05, 0.1) is 21.3 Å². The van der Waals surface area contributed by atoms with E-state index in [-0.39, 0.29) is 23.3 Å². The molecule has 7 nitrogen and oxygen atoms in total. The molecule has 0 aromatic heterocycles. The Morgan fingerprint density at radius 1 is 0.900 bits per heavy atom. The molecule has 0 aliphatic rings. The third kappa shape index (κ3) is 6.14. The Labute approximate surface area is 177 Å². The van der Waals surface area contributed by atoms with Crippen LogP contribution in [0.25, 0.3) is 0 Å². The molecule has 0 bridgehead atoms. The van der Waals surface area contributed by atoms with Gasteiger partial charge < -0.3 is 24.3 Å². The molecule has 2 aromatic carbocycles. The molecule has 0 saturated carbocycles. The number of nitrogens with one attached hydrogen (secondary N) is 1. The maximum Gasteiger partial charge on any atom is 0.342 e. The lowest BCUT2D eigenvalue weighted by molar-refractivity contribution is -0.129. The second-order valence-electron chi connectivity index (χ2n) is 6.89. The number of amides is 1. The maximum atomic E-state index is 12.6. The highest BCUT2D eigenvalue weighted by atomic mass is 16.6. The van der Waals surface area contributed by atoms with Crippen molar-refractivity contribution in [3.05, 3.63) is 53.6 Å². The Morgan fingerprint density at radius 3 is 2.10 bits per heavy atom. The molecule has 162 valence electrons. The van der Waals surface area contributed by atoms with Gasteiger partial charge in [-0.15, -0.1) is 0 Å². The van der Waals surface area contributed by atoms with Crippen LogP contribution in [-0.4, -0.2) is 45.4 Å². The molecule has 2 atom stereocenters. The van der Waals surface area contributed by atoms with Gasteiger partial charge in [0, 0.05) is 18.2 Å². The summed E-state index contributed by atoms with van der Waals surface area (Å²) in [5, 5.41) is 2.88. The highest BCUT2D eigenvalue weighted by Gasteiger charge is 2.24. The molecular formula is C23H29NO6. The fourth-order valence-corrected chi connectivity index (χ4v) is 2.93. The molecular weight excluding hydrogens is 386 g/mol. The van der Waals surface area contributed by atoms with Crippen LogP contribution in [0.2, 0.25) is 0 Å². The van der Waals surface area contributed by atoms with Gasteiger partial charge in [-0.3, -0.25) is 4.79 Å². The summed E-state index contributed by atoms with van der Waals surface area (Å²) >= 11 is 0. The van der Waals surface area contributed by atoms with Crippen molar-refractivity contribution in [2.45, 2.75) is 38.8 Å². The molecule has 0 aliphatic heterocycles. The van der Waals surface area contributed by atoms with Gasteiger partial charge >= 0.3 is 5.97 Å². The van der Waals surface area contributed by atoms with Gasteiger partial charge in [0.1, 0.15) is 11.3 Å². The topological polar surface area (TPSA) is 83.1 Å². The molecule has 0 radical (unpaired) electrons. The number of carbonyl (C=O) groups is 2. The van der Waals surface area contributed by atoms with Crippen molar-refractivity contribution in [3.63, 3.8) is 0 Å². The number of hydrogen-bond acceptors (Lipinski definition) is 6. The summed E-state index contributed by atoms with van der Waals surface area (Å²) in [5.41, 5.74) is 1.35. The lowest BCUT2D eigenvalue weighted by Gasteiger charge is -2.19. The van der Waals surface area contributed by atoms with E-state index in [0.717, 1.165) is 12.8 Å². The minimum atomic E-state index is -0.963. The molecule has 2 rings (SSSR count). The third-order valence-corrected chi connectivity index (χ3v) is 4.68. The van der Waals surface area contributed by atoms with E-state index in [2.05, 4.69) is 17.4 Å². The van der Waals surface area contributed by atoms with E-state index >= 15 is 0 Å². The van der Waals surface area contributed by atoms with Crippen LogP contribution >= 0.6 is 0 Å². The number of carbonyl (C=O) groups excluding carboxylic acids is 2. The second kappa shape index (κ2) is 11.1. The Kier molecular flexibility index (Phi) is 8.53. The molecule has 0 fully saturated rings. The van der Waals surface area contributed by atoms with Gasteiger partial charge in [0.2, 0.25) is 0 Å². The summed E-state index contributed by atoms with van der Waals surface area (Å²) < 4.78 is 21.0. The van der Waals surface area contributed by atoms with Crippen LogP contribution in [0.1, 0.15) is 36.2 Å². The van der Waals surface area contributed by atoms with Crippen molar-refractivity contribution in [2.75, 3.05) is 21.3 Å². The minimum Gasteiger partial charge on any atom is -0.496 e. The standard InChI is InChI=1S/C23H29NO6/c1-15(11-12-17-9-7-6-8-10-17)24-22(25)16(2)30-23(26)18-13-20(28-4)21(29-5)14-19(18)27-3/h6-10,13-16H,11-12H2,1-5H3,(H,24,25)/t15-,16-/m0/s1. The second-order valence-corrected chi connectivity index (χ2v) is 6.89. The van der Waals surface area contributed by atoms with Crippen LogP contribution in [0, 0.1) is 0 Å². The predicted molar refractivity (Wildman–Crippen MR) is 113 cm³/mol. The molecule has 1 N–H and O–H groups in total. The normalized spacial score (nSPS) is 12.4. The first-order valence-electron chi connectivity index (χ1n) is 9.74. The van der Waals surface area contributed by atoms with Gasteiger partial charge in [0.25, 0.3) is 5.91 Å². The molecule has 0 saturated heterocycles. The van der Waals surface area contributed by atoms with E-state index in [1.54, 1.807) is 0 Å². The van der Waals surface area contributed by atoms with Gasteiger partial charge in [-0.1, -0.05) is 30.3 Å². The zero-order valence-electron chi connectivity index (χ0n) is 18.1. The van der Waals surface area contributed by atoms with E-state index in [1.807, 2.05) is 25.1 Å². The fourth-order valence-electron chi connectivity index (χ4n) is 2.93. The largest absolute Gasteiger partial charge is 0.496 e. The van der Waals surface area contributed by atoms with Gasteiger partial charge in [-0.05, 0) is 32.3 Å². The van der Waals surface area contributed by atoms with Crippen LogP contribution < -0.4 is 19.5 Å². The number of benzene rings is 2. The third-order valence-electron chi connectivity index (χ3n) is 4.68. The number of rotatable bonds is 10. The quantitative estimate of drug-likeness (QED) is 0.599. The Bertz CT molecular complexity index is 852. The maximum absolute atomic E-state index is 12.6. The van der Waals surface area contributed by atoms with Crippen molar-refractivity contribution < 1.29 is 28.5 Å². The van der Waals surface area contributed by atoms with Gasteiger partial charge in [-0.2, -0.15) is 0 Å². The van der Waals surface area contributed by atoms with Crippen LogP contribution in [0.4, 0.5) is 0 Å². The fraction of sp³-hybridized carbons (Fsp3) is 0.391. The van der Waals surface area contributed by atoms with E-state index in [9.17, 15) is 9.59 Å². The number of hydrogen-bond donors (Lipinski definition) is 1. The number of esters is 1. The van der Waals surface area contributed by atoms with Gasteiger partial charge in [0.15, 0.2) is 17.6 Å². The molecule has 2 aromatic rings. The average Bonchev–Trinajstić information content (AvgIpc) is 2.77. The van der Waals surface area contributed by atoms with Crippen molar-refractivity contribution in [1.82, 2.24) is 5.32 Å². The van der Waals surface area contributed by atoms with Crippen molar-refractivity contribution in [3.8, 4) is 17.2 Å². The monoisotopic (exact) mass is 415 g/mol. The smallest absolute Gasteiger partial charge is 0.342 e. The highest BCUT2D eigenvalue weighted by Crippen LogP contribution is 2.35. The molecule has 0 unspecified atom stereocenters. The van der Waals surface area contributed by atoms with E-state index in [1.165, 1.54) is 45.9 Å². The highest BCUT2D eigenvalue weighted by molar-refractivity contribution is 5.95. The van der Waals surface area contributed by atoms with Crippen molar-refractivity contribution >= 4 is 11.9 Å². The first-order valence-corrected chi connectivity index (χ1v) is 9.74. The summed E-state index contributed by atoms with van der Waals surface area (Å²) in [6, 6.07) is 13.0. The lowest BCUT2D eigenvalue weighted by Crippen LogP contribution is -2.41. The molecule has 0 spiro atoms. The Balaban J connectivity index is 1.96. The van der Waals surface area contributed by atoms with E-state index in [0.29, 0.717) is 11.5 Å². The van der Waals surface area contributed by atoms with Crippen molar-refractivity contribution in [2.24, 2.45) is 0 Å². The summed E-state index contributed by atoms with van der Waals surface area (Å²) in [6.45, 7) is 3.46. The van der Waals surface area contributed by atoms with Crippen LogP contribution in [-0.2, 0) is 16.0 Å². The van der Waals surface area contributed by atoms with E-state index in [4.69, 9.17) is 18.9 Å². The number of ether oxygens (including phenoxy) is 4. The molecule has 1 amide bonds. The lowest BCUT2D eigenvalue weighted by atomic mass is 10.1. The summed E-state index contributed by atoms with van der Waals surface area (Å²) in [7, 11) is 4.38. The SMILES string of the molecule is COc1cc(OC)c(C(=O)O[C@@H](C)C(=O)N[C@@H](C)CCc2ccccc2)cc1OC. The summed E-state index contributed by atoms with van der Waals surface area (Å²) in [6.07, 6.45) is 0.661. The van der Waals surface area contributed by atoms with Crippen LogP contribution in [0.3, 0.4) is 0 Å². The summed E-state index contributed by atoms with van der Waals surface area (Å²) in [4.78, 5) is 25.1. The minimum absolute atomic E-state index is 0.0607. The number of methoxy groups -OCH3 is 3. The Hall–Kier alpha value is -3.22. The zero-order valence-corrected chi connectivity index (χ0v) is 18.1. The molecule has 0 heterocycles. The molecule has 0 aliphatic carbocycles. The van der Waals surface area contributed by atoms with Crippen molar-refractivity contribution in [1.29, 1.82) is 0 Å². The predicted octanol–water partition coefficient (Wildman–Crippen LogP) is 3.40. The van der Waals surface area contributed by atoms with E-state index < -0.39 is 12.1 Å².